The number of hydrogen-bond acceptors (Lipinski definition) is 17. The van der Waals surface area contributed by atoms with Gasteiger partial charge in [0.2, 0.25) is 0 Å². The van der Waals surface area contributed by atoms with E-state index >= 15 is 0 Å². The van der Waals surface area contributed by atoms with Gasteiger partial charge in [0.25, 0.3) is 11.8 Å². The molecule has 11 N–H and O–H groups in total. The Hall–Kier alpha value is -6.25. The normalized spacial score (nSPS) is 18.5. The van der Waals surface area contributed by atoms with Crippen LogP contribution in [0.3, 0.4) is 0 Å². The first kappa shape index (κ1) is 47.8. The second-order valence-electron chi connectivity index (χ2n) is 16.6. The molecule has 2 saturated heterocycles. The Morgan fingerprint density at radius 1 is 0.683 bits per heavy atom. The minimum Gasteiger partial charge on any atom is -0.444 e. The van der Waals surface area contributed by atoms with Gasteiger partial charge in [-0.05, 0) is 95.7 Å². The summed E-state index contributed by atoms with van der Waals surface area (Å²) >= 11 is 0. The van der Waals surface area contributed by atoms with Crippen molar-refractivity contribution < 1.29 is 28.6 Å². The lowest BCUT2D eigenvalue weighted by atomic mass is 10.0. The number of ether oxygens (including phenoxy) is 3. The molecule has 63 heavy (non-hydrogen) atoms. The first-order valence-corrected chi connectivity index (χ1v) is 21.3. The number of nitrogens with zero attached hydrogens (tertiary/aromatic N) is 6. The highest BCUT2D eigenvalue weighted by atomic mass is 16.6. The minimum absolute atomic E-state index is 0.00584. The molecule has 4 aromatic heterocycles. The summed E-state index contributed by atoms with van der Waals surface area (Å²) < 4.78 is 16.3. The maximum Gasteiger partial charge on any atom is 0.408 e. The number of aryl methyl sites for hydroxylation is 4. The quantitative estimate of drug-likeness (QED) is 0.0811. The van der Waals surface area contributed by atoms with E-state index in [2.05, 4.69) is 70.8 Å². The summed E-state index contributed by atoms with van der Waals surface area (Å²) in [4.78, 5) is 45.3. The number of anilines is 6. The van der Waals surface area contributed by atoms with Gasteiger partial charge in [0.05, 0.1) is 36.7 Å². The van der Waals surface area contributed by atoms with Crippen molar-refractivity contribution in [3.63, 3.8) is 0 Å². The molecule has 0 bridgehead atoms. The van der Waals surface area contributed by atoms with Crippen molar-refractivity contribution in [3.05, 3.63) is 70.3 Å². The van der Waals surface area contributed by atoms with Crippen molar-refractivity contribution in [1.82, 2.24) is 35.7 Å². The number of pyridine rings is 2. The molecular formula is C43H62N14O6. The van der Waals surface area contributed by atoms with Gasteiger partial charge < -0.3 is 58.0 Å². The van der Waals surface area contributed by atoms with Gasteiger partial charge in [-0.25, -0.2) is 14.8 Å². The molecule has 6 heterocycles. The number of carbonyl (C=O) groups excluding carboxylic acids is 3. The first-order valence-electron chi connectivity index (χ1n) is 21.3. The lowest BCUT2D eigenvalue weighted by Crippen LogP contribution is -2.53. The lowest BCUT2D eigenvalue weighted by Gasteiger charge is -2.33. The molecule has 340 valence electrons. The average Bonchev–Trinajstić information content (AvgIpc) is 3.19. The van der Waals surface area contributed by atoms with Crippen LogP contribution in [0.2, 0.25) is 0 Å². The minimum atomic E-state index is -0.705. The number of rotatable bonds is 15. The van der Waals surface area contributed by atoms with Crippen LogP contribution < -0.4 is 43.8 Å². The zero-order valence-corrected chi connectivity index (χ0v) is 37.2. The van der Waals surface area contributed by atoms with E-state index in [1.807, 2.05) is 38.1 Å². The predicted octanol–water partition coefficient (Wildman–Crippen LogP) is 4.57. The molecule has 0 unspecified atom stereocenters. The molecule has 2 aliphatic rings. The highest BCUT2D eigenvalue weighted by molar-refractivity contribution is 5.98. The summed E-state index contributed by atoms with van der Waals surface area (Å²) in [6.07, 6.45) is 4.56. The van der Waals surface area contributed by atoms with Crippen LogP contribution in [0.4, 0.5) is 39.4 Å². The Morgan fingerprint density at radius 3 is 1.62 bits per heavy atom. The molecule has 0 radical (unpaired) electrons. The monoisotopic (exact) mass is 870 g/mol. The van der Waals surface area contributed by atoms with Crippen LogP contribution in [0, 0.1) is 13.8 Å². The molecule has 3 amide bonds. The predicted molar refractivity (Wildman–Crippen MR) is 240 cm³/mol. The van der Waals surface area contributed by atoms with Crippen LogP contribution in [-0.4, -0.2) is 104 Å². The third-order valence-electron chi connectivity index (χ3n) is 9.76. The molecule has 20 heteroatoms. The van der Waals surface area contributed by atoms with Crippen molar-refractivity contribution >= 4 is 52.6 Å². The van der Waals surface area contributed by atoms with Crippen LogP contribution in [-0.2, 0) is 27.1 Å². The Labute approximate surface area is 368 Å². The van der Waals surface area contributed by atoms with E-state index < -0.39 is 23.5 Å². The van der Waals surface area contributed by atoms with Gasteiger partial charge >= 0.3 is 6.09 Å². The van der Waals surface area contributed by atoms with Crippen molar-refractivity contribution in [1.29, 1.82) is 0 Å². The van der Waals surface area contributed by atoms with Gasteiger partial charge in [-0.2, -0.15) is 0 Å². The summed E-state index contributed by atoms with van der Waals surface area (Å²) in [7, 11) is 0. The molecule has 0 saturated carbocycles. The molecule has 4 atom stereocenters. The van der Waals surface area contributed by atoms with E-state index in [0.29, 0.717) is 67.5 Å². The number of nitrogens with two attached hydrogens (primary N) is 3. The van der Waals surface area contributed by atoms with E-state index in [1.165, 1.54) is 0 Å². The van der Waals surface area contributed by atoms with E-state index in [1.54, 1.807) is 32.9 Å². The summed E-state index contributed by atoms with van der Waals surface area (Å²) in [5, 5.41) is 32.0. The van der Waals surface area contributed by atoms with Crippen LogP contribution >= 0.6 is 0 Å². The SMILES string of the molecule is CCCc1cc(C)cc(Nc2cc(N[C@@H]3CCOC[C@@H]3N)nnc2C(N)=O)n1.CCCc1cc(C)cc(Nc2cc(N[C@@H]3CCOC[C@@H]3NC(=O)OC(C)(C)C)nnc2C(N)=O)n1. The van der Waals surface area contributed by atoms with Crippen molar-refractivity contribution in [2.24, 2.45) is 17.2 Å². The van der Waals surface area contributed by atoms with Gasteiger partial charge in [0.1, 0.15) is 17.2 Å². The second kappa shape index (κ2) is 22.2. The molecule has 4 aromatic rings. The Balaban J connectivity index is 0.000000243. The van der Waals surface area contributed by atoms with Gasteiger partial charge in [0, 0.05) is 48.8 Å². The summed E-state index contributed by atoms with van der Waals surface area (Å²) in [5.41, 5.74) is 21.5. The lowest BCUT2D eigenvalue weighted by molar-refractivity contribution is 0.0317. The molecule has 2 fully saturated rings. The number of aromatic nitrogens is 6. The molecular weight excluding hydrogens is 809 g/mol. The second-order valence-corrected chi connectivity index (χ2v) is 16.6. The zero-order valence-electron chi connectivity index (χ0n) is 37.2. The summed E-state index contributed by atoms with van der Waals surface area (Å²) in [6.45, 7) is 15.6. The summed E-state index contributed by atoms with van der Waals surface area (Å²) in [6, 6.07) is 10.6. The number of hydrogen-bond donors (Lipinski definition) is 8. The molecule has 2 aliphatic heterocycles. The fourth-order valence-electron chi connectivity index (χ4n) is 6.96. The Bertz CT molecular complexity index is 2200. The smallest absolute Gasteiger partial charge is 0.408 e. The van der Waals surface area contributed by atoms with Crippen LogP contribution in [0.25, 0.3) is 0 Å². The third kappa shape index (κ3) is 14.7. The van der Waals surface area contributed by atoms with Crippen molar-refractivity contribution in [3.8, 4) is 0 Å². The summed E-state index contributed by atoms with van der Waals surface area (Å²) in [5.74, 6) is 0.783. The number of nitrogens with one attached hydrogen (secondary N) is 5. The zero-order chi connectivity index (χ0) is 45.7. The van der Waals surface area contributed by atoms with Crippen molar-refractivity contribution in [2.45, 2.75) is 117 Å². The highest BCUT2D eigenvalue weighted by Gasteiger charge is 2.30. The Kier molecular flexibility index (Phi) is 16.8. The number of amides is 3. The van der Waals surface area contributed by atoms with Gasteiger partial charge in [-0.15, -0.1) is 20.4 Å². The topological polar surface area (TPSA) is 294 Å². The maximum absolute atomic E-state index is 12.3. The first-order chi connectivity index (χ1) is 30.0. The number of alkyl carbamates (subject to hydrolysis) is 1. The van der Waals surface area contributed by atoms with Crippen LogP contribution in [0.5, 0.6) is 0 Å². The number of carbonyl (C=O) groups is 3. The molecule has 0 aromatic carbocycles. The average molecular weight is 871 g/mol. The van der Waals surface area contributed by atoms with Crippen molar-refractivity contribution in [2.75, 3.05) is 47.7 Å². The fraction of sp³-hybridized carbons (Fsp3) is 0.512. The fourth-order valence-corrected chi connectivity index (χ4v) is 6.96. The van der Waals surface area contributed by atoms with E-state index in [0.717, 1.165) is 54.6 Å². The van der Waals surface area contributed by atoms with Gasteiger partial charge in [-0.1, -0.05) is 26.7 Å². The number of primary amides is 2. The standard InChI is InChI=1S/C24H35N7O4.C19H27N7O2/c1-6-7-15-10-14(2)11-19(26-15)28-17-12-20(30-31-21(17)22(25)32)27-16-8-9-34-13-18(16)29-23(33)35-24(3,4)5;1-3-4-12-7-11(2)8-16(22-12)24-15-9-17(25-26-18(15)19(21)27)23-14-5-6-28-10-13(14)20/h10-12,16,18H,6-9,13H2,1-5H3,(H2,25,32)(H,29,33)(H2,26,27,28,30);7-9,13-14H,3-6,10,20H2,1-2H3,(H2,21,27)(H2,22,23,24,25)/t16-,18+;13-,14+/m10/s1. The van der Waals surface area contributed by atoms with Gasteiger partial charge in [0.15, 0.2) is 23.0 Å². The highest BCUT2D eigenvalue weighted by Crippen LogP contribution is 2.25. The maximum atomic E-state index is 12.3. The van der Waals surface area contributed by atoms with E-state index in [-0.39, 0.29) is 35.6 Å². The molecule has 0 aliphatic carbocycles. The molecule has 20 nitrogen and oxygen atoms in total. The third-order valence-corrected chi connectivity index (χ3v) is 9.76. The van der Waals surface area contributed by atoms with E-state index in [9.17, 15) is 14.4 Å². The molecule has 0 spiro atoms. The Morgan fingerprint density at radius 2 is 1.16 bits per heavy atom. The van der Waals surface area contributed by atoms with E-state index in [4.69, 9.17) is 31.4 Å². The largest absolute Gasteiger partial charge is 0.444 e. The van der Waals surface area contributed by atoms with Crippen LogP contribution in [0.15, 0.2) is 36.4 Å². The van der Waals surface area contributed by atoms with Gasteiger partial charge in [-0.3, -0.25) is 9.59 Å². The van der Waals surface area contributed by atoms with Crippen LogP contribution in [0.1, 0.15) is 104 Å². The molecule has 6 rings (SSSR count).